The van der Waals surface area contributed by atoms with Crippen molar-refractivity contribution in [2.24, 2.45) is 0 Å². The van der Waals surface area contributed by atoms with Crippen molar-refractivity contribution in [1.29, 1.82) is 0 Å². The highest BCUT2D eigenvalue weighted by Gasteiger charge is 2.54. The number of thiophene rings is 1. The maximum Gasteiger partial charge on any atom is 0.253 e. The Balaban J connectivity index is 1.54. The van der Waals surface area contributed by atoms with Crippen molar-refractivity contribution in [2.45, 2.75) is 17.8 Å². The van der Waals surface area contributed by atoms with E-state index in [1.807, 2.05) is 17.5 Å². The van der Waals surface area contributed by atoms with Gasteiger partial charge in [-0.1, -0.05) is 30.0 Å². The van der Waals surface area contributed by atoms with E-state index in [-0.39, 0.29) is 34.4 Å². The predicted molar refractivity (Wildman–Crippen MR) is 108 cm³/mol. The van der Waals surface area contributed by atoms with Gasteiger partial charge in [-0.2, -0.15) is 0 Å². The lowest BCUT2D eigenvalue weighted by molar-refractivity contribution is -0.146. The lowest BCUT2D eigenvalue weighted by Crippen LogP contribution is -2.70. The Labute approximate surface area is 171 Å². The quantitative estimate of drug-likeness (QED) is 0.470. The molecule has 2 aromatic rings. The number of hydrogen-bond donors (Lipinski definition) is 3. The van der Waals surface area contributed by atoms with Crippen molar-refractivity contribution in [1.82, 2.24) is 20.4 Å². The van der Waals surface area contributed by atoms with Crippen molar-refractivity contribution in [3.8, 4) is 0 Å². The largest absolute Gasteiger partial charge is 0.374 e. The first-order valence-corrected chi connectivity index (χ1v) is 11.0. The van der Waals surface area contributed by atoms with Crippen LogP contribution in [0.4, 0.5) is 5.13 Å². The maximum absolute atomic E-state index is 12.7. The number of aromatic nitrogens is 2. The zero-order valence-electron chi connectivity index (χ0n) is 13.6. The second-order valence-electron chi connectivity index (χ2n) is 5.79. The Morgan fingerprint density at radius 3 is 2.85 bits per heavy atom. The van der Waals surface area contributed by atoms with E-state index in [1.54, 1.807) is 0 Å². The number of nitrogens with one attached hydrogen (secondary N) is 1. The molecule has 1 saturated heterocycles. The minimum absolute atomic E-state index is 0.187. The minimum atomic E-state index is -0.661. The van der Waals surface area contributed by atoms with Gasteiger partial charge < -0.3 is 11.1 Å². The van der Waals surface area contributed by atoms with Gasteiger partial charge in [0.05, 0.1) is 6.42 Å². The SMILES string of the molecule is Nc1nnc(C2=C(C(=O)S)N3C(=O)[C@@H](NC(=O)Cc4cccs4)[C@H]3SC2)s1. The van der Waals surface area contributed by atoms with E-state index in [0.717, 1.165) is 16.2 Å². The molecule has 2 atom stereocenters. The molecule has 0 unspecified atom stereocenters. The summed E-state index contributed by atoms with van der Waals surface area (Å²) in [5.74, 6) is -0.109. The number of amides is 2. The molecular formula is C15H13N5O3S4. The van der Waals surface area contributed by atoms with Crippen LogP contribution in [0.25, 0.3) is 5.57 Å². The van der Waals surface area contributed by atoms with Gasteiger partial charge in [0.1, 0.15) is 22.1 Å². The Morgan fingerprint density at radius 1 is 1.41 bits per heavy atom. The summed E-state index contributed by atoms with van der Waals surface area (Å²) in [5.41, 5.74) is 6.40. The summed E-state index contributed by atoms with van der Waals surface area (Å²) in [4.78, 5) is 39.3. The number of hydrogen-bond acceptors (Lipinski definition) is 9. The Kier molecular flexibility index (Phi) is 4.97. The number of nitrogen functional groups attached to an aromatic ring is 1. The Hall–Kier alpha value is -1.89. The number of carbonyl (C=O) groups excluding carboxylic acids is 3. The van der Waals surface area contributed by atoms with Crippen LogP contribution in [0.2, 0.25) is 0 Å². The highest BCUT2D eigenvalue weighted by molar-refractivity contribution is 8.00. The highest BCUT2D eigenvalue weighted by Crippen LogP contribution is 2.44. The van der Waals surface area contributed by atoms with Crippen LogP contribution in [-0.4, -0.2) is 49.2 Å². The van der Waals surface area contributed by atoms with E-state index < -0.39 is 11.2 Å². The normalized spacial score (nSPS) is 21.7. The van der Waals surface area contributed by atoms with E-state index in [2.05, 4.69) is 28.1 Å². The van der Waals surface area contributed by atoms with Crippen LogP contribution in [0.5, 0.6) is 0 Å². The molecule has 0 aromatic carbocycles. The first kappa shape index (κ1) is 18.5. The molecule has 0 saturated carbocycles. The van der Waals surface area contributed by atoms with Gasteiger partial charge in [-0.05, 0) is 11.4 Å². The fraction of sp³-hybridized carbons (Fsp3) is 0.267. The van der Waals surface area contributed by atoms with Gasteiger partial charge in [0, 0.05) is 16.2 Å². The number of thiol groups is 1. The zero-order valence-corrected chi connectivity index (χ0v) is 17.0. The molecule has 1 fully saturated rings. The molecule has 0 aliphatic carbocycles. The van der Waals surface area contributed by atoms with Crippen LogP contribution >= 0.6 is 47.1 Å². The van der Waals surface area contributed by atoms with E-state index in [4.69, 9.17) is 5.73 Å². The van der Waals surface area contributed by atoms with Crippen LogP contribution < -0.4 is 11.1 Å². The topological polar surface area (TPSA) is 118 Å². The molecule has 12 heteroatoms. The summed E-state index contributed by atoms with van der Waals surface area (Å²) in [5, 5.41) is 12.3. The van der Waals surface area contributed by atoms with Gasteiger partial charge in [0.2, 0.25) is 16.2 Å². The van der Waals surface area contributed by atoms with Crippen LogP contribution in [0, 0.1) is 0 Å². The Bertz CT molecular complexity index is 955. The lowest BCUT2D eigenvalue weighted by Gasteiger charge is -2.49. The standard InChI is InChI=1S/C15H13N5O3S4/c16-15-19-18-11(27-15)7-5-26-13-9(12(22)20(13)10(7)14(23)24)17-8(21)4-6-2-1-3-25-6/h1-3,9,13H,4-5H2,(H2,16,19)(H,17,21)(H,23,24)/t9-,13-/m1/s1. The third kappa shape index (κ3) is 3.37. The number of thioether (sulfide) groups is 1. The van der Waals surface area contributed by atoms with Gasteiger partial charge >= 0.3 is 0 Å². The van der Waals surface area contributed by atoms with Crippen LogP contribution in [0.3, 0.4) is 0 Å². The second kappa shape index (κ2) is 7.26. The fourth-order valence-electron chi connectivity index (χ4n) is 2.94. The molecule has 4 rings (SSSR count). The summed E-state index contributed by atoms with van der Waals surface area (Å²) >= 11 is 8.02. The van der Waals surface area contributed by atoms with E-state index in [0.29, 0.717) is 16.3 Å². The molecule has 4 heterocycles. The van der Waals surface area contributed by atoms with Crippen molar-refractivity contribution < 1.29 is 14.4 Å². The molecule has 2 aromatic heterocycles. The summed E-state index contributed by atoms with van der Waals surface area (Å²) < 4.78 is 0. The Morgan fingerprint density at radius 2 is 2.22 bits per heavy atom. The van der Waals surface area contributed by atoms with Crippen LogP contribution in [0.1, 0.15) is 9.88 Å². The van der Waals surface area contributed by atoms with Crippen molar-refractivity contribution >= 4 is 74.7 Å². The number of nitrogens with two attached hydrogens (primary N) is 1. The average Bonchev–Trinajstić information content (AvgIpc) is 3.29. The van der Waals surface area contributed by atoms with Crippen LogP contribution in [0.15, 0.2) is 23.2 Å². The molecular weight excluding hydrogens is 426 g/mol. The van der Waals surface area contributed by atoms with Gasteiger partial charge in [-0.15, -0.1) is 33.3 Å². The average molecular weight is 440 g/mol. The zero-order chi connectivity index (χ0) is 19.1. The first-order valence-electron chi connectivity index (χ1n) is 7.78. The monoisotopic (exact) mass is 439 g/mol. The smallest absolute Gasteiger partial charge is 0.253 e. The molecule has 0 bridgehead atoms. The lowest BCUT2D eigenvalue weighted by atomic mass is 10.0. The molecule has 0 radical (unpaired) electrons. The number of fused-ring (bicyclic) bond motifs is 1. The molecule has 3 N–H and O–H groups in total. The minimum Gasteiger partial charge on any atom is -0.374 e. The summed E-state index contributed by atoms with van der Waals surface area (Å²) in [7, 11) is 0. The molecule has 8 nitrogen and oxygen atoms in total. The van der Waals surface area contributed by atoms with E-state index >= 15 is 0 Å². The number of rotatable bonds is 5. The predicted octanol–water partition coefficient (Wildman–Crippen LogP) is 0.992. The molecule has 2 aliphatic heterocycles. The third-order valence-corrected chi connectivity index (χ3v) is 7.28. The summed E-state index contributed by atoms with van der Waals surface area (Å²) in [6.45, 7) is 0. The van der Waals surface area contributed by atoms with E-state index in [1.165, 1.54) is 28.0 Å². The van der Waals surface area contributed by atoms with Gasteiger partial charge in [0.15, 0.2) is 0 Å². The number of nitrogens with zero attached hydrogens (tertiary/aromatic N) is 3. The van der Waals surface area contributed by atoms with Gasteiger partial charge in [0.25, 0.3) is 5.91 Å². The van der Waals surface area contributed by atoms with Crippen molar-refractivity contribution in [2.75, 3.05) is 11.5 Å². The summed E-state index contributed by atoms with van der Waals surface area (Å²) in [6.07, 6.45) is 0.225. The fourth-order valence-corrected chi connectivity index (χ4v) is 5.97. The number of β-lactam (4-membered cyclic amide) rings is 1. The molecule has 140 valence electrons. The van der Waals surface area contributed by atoms with E-state index in [9.17, 15) is 14.4 Å². The number of anilines is 1. The van der Waals surface area contributed by atoms with Crippen LogP contribution in [-0.2, 0) is 20.8 Å². The van der Waals surface area contributed by atoms with Crippen molar-refractivity contribution in [3.63, 3.8) is 0 Å². The molecule has 27 heavy (non-hydrogen) atoms. The summed E-state index contributed by atoms with van der Waals surface area (Å²) in [6, 6.07) is 3.08. The highest BCUT2D eigenvalue weighted by atomic mass is 32.2. The third-order valence-electron chi connectivity index (χ3n) is 4.10. The number of carbonyl (C=O) groups is 3. The van der Waals surface area contributed by atoms with Crippen molar-refractivity contribution in [3.05, 3.63) is 33.1 Å². The molecule has 0 spiro atoms. The molecule has 2 aliphatic rings. The molecule has 2 amide bonds. The second-order valence-corrected chi connectivity index (χ2v) is 9.34. The first-order chi connectivity index (χ1) is 13.0. The maximum atomic E-state index is 12.7. The van der Waals surface area contributed by atoms with Gasteiger partial charge in [-0.3, -0.25) is 19.3 Å². The van der Waals surface area contributed by atoms with Gasteiger partial charge in [-0.25, -0.2) is 0 Å².